The van der Waals surface area contributed by atoms with E-state index in [0.29, 0.717) is 5.56 Å². The Kier molecular flexibility index (Phi) is 6.64. The Morgan fingerprint density at radius 2 is 1.38 bits per heavy atom. The van der Waals surface area contributed by atoms with E-state index in [1.165, 1.54) is 5.56 Å². The lowest BCUT2D eigenvalue weighted by molar-refractivity contribution is -0.774. The van der Waals surface area contributed by atoms with Gasteiger partial charge in [-0.15, -0.1) is 4.57 Å². The molecule has 4 heteroatoms. The maximum Gasteiger partial charge on any atom is 0.432 e. The molecule has 11 rings (SSSR count). The first-order chi connectivity index (χ1) is 33.0. The van der Waals surface area contributed by atoms with Crippen molar-refractivity contribution in [2.45, 2.75) is 117 Å². The third kappa shape index (κ3) is 5.69. The molecule has 0 N–H and O–H groups in total. The van der Waals surface area contributed by atoms with E-state index < -0.39 is 54.5 Å². The number of fused-ring (bicyclic) bond motifs is 5. The van der Waals surface area contributed by atoms with Gasteiger partial charge in [-0.1, -0.05) is 160 Å². The smallest absolute Gasteiger partial charge is 0.410 e. The first-order valence-corrected chi connectivity index (χ1v) is 22.2. The summed E-state index contributed by atoms with van der Waals surface area (Å²) in [5, 5.41) is 0. The molecule has 0 radical (unpaired) electrons. The summed E-state index contributed by atoms with van der Waals surface area (Å²) in [6.45, 7) is 21.1. The van der Waals surface area contributed by atoms with E-state index in [9.17, 15) is 4.11 Å². The zero-order valence-corrected chi connectivity index (χ0v) is 38.2. The fourth-order valence-electron chi connectivity index (χ4n) is 10.3. The van der Waals surface area contributed by atoms with Crippen molar-refractivity contribution < 1.29 is 20.3 Å². The van der Waals surface area contributed by atoms with E-state index in [2.05, 4.69) is 162 Å². The molecule has 63 heavy (non-hydrogen) atoms. The summed E-state index contributed by atoms with van der Waals surface area (Å²) >= 11 is 0. The molecular formula is C59H60N3O+. The van der Waals surface area contributed by atoms with Crippen molar-refractivity contribution in [2.75, 3.05) is 9.80 Å². The number of para-hydroxylation sites is 1. The maximum atomic E-state index is 9.21. The van der Waals surface area contributed by atoms with Crippen molar-refractivity contribution in [1.82, 2.24) is 0 Å². The summed E-state index contributed by atoms with van der Waals surface area (Å²) in [4.78, 5) is 4.96. The molecule has 1 aromatic heterocycles. The fourth-order valence-corrected chi connectivity index (χ4v) is 10.3. The molecule has 0 saturated heterocycles. The molecule has 0 bridgehead atoms. The quantitative estimate of drug-likeness (QED) is 0.165. The highest BCUT2D eigenvalue weighted by Gasteiger charge is 2.70. The first-order valence-electron chi connectivity index (χ1n) is 26.2. The standard InChI is InChI=1S/C59H60N3O/c1-35(2)39-25-26-49(44(29-39)38-17-14-13-15-18-38)61-50-20-16-19-43-45-31-41(56(4,5)6)32-46-51-30-40(37-23-21-36(3)22-24-37)27-28-60(51)59(52(45)46)62(53(43)50)55(61)47-33-42(57(7,8)9)34-48(54(47)63-59)58(10,11)12/h13-35,55H,1-12H3/q+1/i3D3,21D,22D,23D,24D,35D. The van der Waals surface area contributed by atoms with Gasteiger partial charge in [0.25, 0.3) is 0 Å². The van der Waals surface area contributed by atoms with Crippen LogP contribution in [0.5, 0.6) is 5.75 Å². The molecule has 6 aromatic carbocycles. The van der Waals surface area contributed by atoms with Crippen LogP contribution in [0.4, 0.5) is 17.1 Å². The zero-order valence-electron chi connectivity index (χ0n) is 46.2. The van der Waals surface area contributed by atoms with Gasteiger partial charge >= 0.3 is 5.85 Å². The molecular weight excluding hydrogens is 767 g/mol. The molecule has 1 spiro atoms. The Bertz CT molecular complexity index is 3420. The average molecular weight is 835 g/mol. The zero-order chi connectivity index (χ0) is 51.0. The largest absolute Gasteiger partial charge is 0.432 e. The Hall–Kier alpha value is -6.13. The van der Waals surface area contributed by atoms with Crippen molar-refractivity contribution in [2.24, 2.45) is 0 Å². The highest BCUT2D eigenvalue weighted by Crippen LogP contribution is 2.68. The van der Waals surface area contributed by atoms with Crippen LogP contribution >= 0.6 is 0 Å². The van der Waals surface area contributed by atoms with E-state index in [-0.39, 0.29) is 21.8 Å². The van der Waals surface area contributed by atoms with Crippen LogP contribution in [-0.2, 0) is 22.1 Å². The Balaban J connectivity index is 1.29. The van der Waals surface area contributed by atoms with Gasteiger partial charge in [-0.2, -0.15) is 0 Å². The van der Waals surface area contributed by atoms with Crippen molar-refractivity contribution in [3.8, 4) is 50.4 Å². The predicted molar refractivity (Wildman–Crippen MR) is 261 cm³/mol. The molecule has 0 aliphatic carbocycles. The number of benzene rings is 6. The predicted octanol–water partition coefficient (Wildman–Crippen LogP) is 15.0. The molecule has 0 saturated carbocycles. The SMILES string of the molecule is [2H]c1c([2H])c(C([2H])([2H])[2H])c([2H])c([2H])c1-c1cc[n+]2c(c1)-c1cc(C(C)(C)C)cc3c1C21Oc2c(cc(C(C)(C)C)cc2C(C)(C)C)C2N(c4ccc(C([2H])(C)C)cc4-c4ccccc4)c4cccc-3c4N21. The minimum atomic E-state index is -2.84. The third-order valence-electron chi connectivity index (χ3n) is 13.7. The van der Waals surface area contributed by atoms with E-state index in [1.807, 2.05) is 38.2 Å². The van der Waals surface area contributed by atoms with Crippen LogP contribution in [0.25, 0.3) is 44.6 Å². The number of anilines is 3. The molecule has 5 heterocycles. The van der Waals surface area contributed by atoms with E-state index in [4.69, 9.17) is 11.6 Å². The molecule has 2 unspecified atom stereocenters. The fraction of sp³-hybridized carbons (Fsp3) is 0.305. The topological polar surface area (TPSA) is 19.6 Å². The molecule has 316 valence electrons. The van der Waals surface area contributed by atoms with Crippen LogP contribution in [0, 0.1) is 6.85 Å². The van der Waals surface area contributed by atoms with E-state index in [0.717, 1.165) is 84.1 Å². The summed E-state index contributed by atoms with van der Waals surface area (Å²) in [6.07, 6.45) is 1.48. The summed E-state index contributed by atoms with van der Waals surface area (Å²) < 4.78 is 79.9. The second kappa shape index (κ2) is 13.2. The normalized spacial score (nSPS) is 20.1. The second-order valence-corrected chi connectivity index (χ2v) is 21.2. The van der Waals surface area contributed by atoms with E-state index in [1.54, 1.807) is 0 Å². The molecule has 0 fully saturated rings. The van der Waals surface area contributed by atoms with Crippen LogP contribution in [0.15, 0.2) is 133 Å². The average Bonchev–Trinajstić information content (AvgIpc) is 3.78. The van der Waals surface area contributed by atoms with Gasteiger partial charge in [-0.25, -0.2) is 4.90 Å². The number of nitrogens with zero attached hydrogens (tertiary/aromatic N) is 3. The van der Waals surface area contributed by atoms with Gasteiger partial charge in [-0.05, 0) is 98.8 Å². The Morgan fingerprint density at radius 1 is 0.667 bits per heavy atom. The number of hydrogen-bond donors (Lipinski definition) is 0. The van der Waals surface area contributed by atoms with Crippen LogP contribution in [-0.4, -0.2) is 0 Å². The summed E-state index contributed by atoms with van der Waals surface area (Å²) in [5.41, 5.74) is 14.0. The van der Waals surface area contributed by atoms with Crippen molar-refractivity contribution in [3.05, 3.63) is 172 Å². The van der Waals surface area contributed by atoms with Crippen molar-refractivity contribution in [1.29, 1.82) is 0 Å². The molecule has 4 nitrogen and oxygen atoms in total. The number of ether oxygens (including phenoxy) is 1. The number of aromatic nitrogens is 1. The maximum absolute atomic E-state index is 9.21. The summed E-state index contributed by atoms with van der Waals surface area (Å²) in [6, 6.07) is 34.5. The number of pyridine rings is 1. The lowest BCUT2D eigenvalue weighted by Crippen LogP contribution is -2.71. The van der Waals surface area contributed by atoms with Crippen LogP contribution < -0.4 is 19.1 Å². The van der Waals surface area contributed by atoms with Gasteiger partial charge in [0.05, 0.1) is 28.1 Å². The monoisotopic (exact) mass is 835 g/mol. The lowest BCUT2D eigenvalue weighted by atomic mass is 9.77. The van der Waals surface area contributed by atoms with E-state index >= 15 is 0 Å². The second-order valence-electron chi connectivity index (χ2n) is 21.2. The molecule has 0 amide bonds. The van der Waals surface area contributed by atoms with Gasteiger partial charge in [0.15, 0.2) is 6.20 Å². The first kappa shape index (κ1) is 31.7. The third-order valence-corrected chi connectivity index (χ3v) is 13.7. The Labute approximate surface area is 386 Å². The Morgan fingerprint density at radius 3 is 2.06 bits per heavy atom. The summed E-state index contributed by atoms with van der Waals surface area (Å²) in [5.74, 6) is -1.40. The molecule has 4 aliphatic heterocycles. The minimum Gasteiger partial charge on any atom is -0.410 e. The lowest BCUT2D eigenvalue weighted by Gasteiger charge is -2.49. The number of hydrogen-bond acceptors (Lipinski definition) is 3. The van der Waals surface area contributed by atoms with Gasteiger partial charge < -0.3 is 9.64 Å². The van der Waals surface area contributed by atoms with Crippen molar-refractivity contribution in [3.63, 3.8) is 0 Å². The van der Waals surface area contributed by atoms with Crippen molar-refractivity contribution >= 4 is 17.1 Å². The minimum absolute atomic E-state index is 0.0316. The van der Waals surface area contributed by atoms with Crippen LogP contribution in [0.3, 0.4) is 0 Å². The van der Waals surface area contributed by atoms with Crippen LogP contribution in [0.1, 0.15) is 138 Å². The molecule has 2 atom stereocenters. The van der Waals surface area contributed by atoms with Gasteiger partial charge in [0.2, 0.25) is 5.69 Å². The highest BCUT2D eigenvalue weighted by atomic mass is 16.5. The summed E-state index contributed by atoms with van der Waals surface area (Å²) in [7, 11) is 0. The molecule has 4 aliphatic rings. The molecule has 7 aromatic rings. The number of rotatable bonds is 4. The van der Waals surface area contributed by atoms with Gasteiger partial charge in [0, 0.05) is 45.4 Å². The van der Waals surface area contributed by atoms with Crippen LogP contribution in [0.2, 0.25) is 0 Å². The highest BCUT2D eigenvalue weighted by molar-refractivity contribution is 6.03. The van der Waals surface area contributed by atoms with Gasteiger partial charge in [-0.3, -0.25) is 0 Å². The van der Waals surface area contributed by atoms with Gasteiger partial charge in [0.1, 0.15) is 17.5 Å².